The van der Waals surface area contributed by atoms with Gasteiger partial charge in [-0.25, -0.2) is 4.98 Å². The van der Waals surface area contributed by atoms with Crippen molar-refractivity contribution in [3.8, 4) is 0 Å². The fraction of sp³-hybridized carbons (Fsp3) is 0.318. The molecule has 1 amide bonds. The lowest BCUT2D eigenvalue weighted by Gasteiger charge is -2.32. The van der Waals surface area contributed by atoms with Crippen molar-refractivity contribution in [3.05, 3.63) is 71.1 Å². The Labute approximate surface area is 188 Å². The highest BCUT2D eigenvalue weighted by Gasteiger charge is 2.33. The van der Waals surface area contributed by atoms with Crippen LogP contribution in [0.2, 0.25) is 5.02 Å². The van der Waals surface area contributed by atoms with Crippen molar-refractivity contribution in [2.45, 2.75) is 25.6 Å². The average molecular weight is 464 g/mol. The zero-order valence-electron chi connectivity index (χ0n) is 17.0. The van der Waals surface area contributed by atoms with Gasteiger partial charge < -0.3 is 10.2 Å². The molecule has 168 valence electrons. The van der Waals surface area contributed by atoms with E-state index < -0.39 is 11.7 Å². The predicted octanol–water partition coefficient (Wildman–Crippen LogP) is 4.85. The van der Waals surface area contributed by atoms with Crippen LogP contribution in [-0.2, 0) is 17.5 Å². The second-order valence-electron chi connectivity index (χ2n) is 7.64. The van der Waals surface area contributed by atoms with E-state index in [2.05, 4.69) is 15.4 Å². The molecule has 0 aliphatic carbocycles. The molecule has 0 saturated carbocycles. The summed E-state index contributed by atoms with van der Waals surface area (Å²) in [5.74, 6) is 0.0179. The van der Waals surface area contributed by atoms with Gasteiger partial charge in [0.25, 0.3) is 0 Å². The highest BCUT2D eigenvalue weighted by atomic mass is 35.5. The average Bonchev–Trinajstić information content (AvgIpc) is 3.28. The summed E-state index contributed by atoms with van der Waals surface area (Å²) < 4.78 is 40.3. The standard InChI is InChI=1S/C22H21ClF3N5O/c23-18-12-17(22(24,25)26)13-27-20(18)30-10-6-15(7-11-30)21(32)29-19-5-2-1-4-16(19)14-31-9-3-8-28-31/h1-5,8-9,12-13,15H,6-7,10-11,14H2,(H,29,32). The van der Waals surface area contributed by atoms with Gasteiger partial charge in [-0.15, -0.1) is 0 Å². The van der Waals surface area contributed by atoms with Gasteiger partial charge in [-0.05, 0) is 36.6 Å². The van der Waals surface area contributed by atoms with Crippen LogP contribution in [0.15, 0.2) is 55.0 Å². The number of carbonyl (C=O) groups is 1. The van der Waals surface area contributed by atoms with Crippen molar-refractivity contribution in [2.24, 2.45) is 5.92 Å². The first kappa shape index (κ1) is 22.1. The number of halogens is 4. The van der Waals surface area contributed by atoms with Gasteiger partial charge in [-0.1, -0.05) is 29.8 Å². The van der Waals surface area contributed by atoms with Gasteiger partial charge in [-0.2, -0.15) is 18.3 Å². The predicted molar refractivity (Wildman–Crippen MR) is 116 cm³/mol. The van der Waals surface area contributed by atoms with Gasteiger partial charge in [-0.3, -0.25) is 9.48 Å². The third-order valence-corrected chi connectivity index (χ3v) is 5.76. The van der Waals surface area contributed by atoms with Crippen LogP contribution >= 0.6 is 11.6 Å². The molecule has 1 N–H and O–H groups in total. The molecule has 0 radical (unpaired) electrons. The third kappa shape index (κ3) is 5.04. The number of alkyl halides is 3. The number of nitrogens with one attached hydrogen (secondary N) is 1. The van der Waals surface area contributed by atoms with Crippen LogP contribution in [0.5, 0.6) is 0 Å². The third-order valence-electron chi connectivity index (χ3n) is 5.48. The molecule has 10 heteroatoms. The summed E-state index contributed by atoms with van der Waals surface area (Å²) in [6.07, 6.45) is 0.949. The topological polar surface area (TPSA) is 63.1 Å². The molecule has 32 heavy (non-hydrogen) atoms. The normalized spacial score (nSPS) is 15.1. The van der Waals surface area contributed by atoms with Gasteiger partial charge in [0.1, 0.15) is 5.82 Å². The Bertz CT molecular complexity index is 1080. The van der Waals surface area contributed by atoms with Crippen molar-refractivity contribution in [1.82, 2.24) is 14.8 Å². The number of rotatable bonds is 5. The van der Waals surface area contributed by atoms with E-state index in [-0.39, 0.29) is 16.8 Å². The van der Waals surface area contributed by atoms with Gasteiger partial charge in [0, 0.05) is 43.3 Å². The summed E-state index contributed by atoms with van der Waals surface area (Å²) in [6.45, 7) is 1.50. The number of aromatic nitrogens is 3. The Morgan fingerprint density at radius 1 is 1.19 bits per heavy atom. The molecule has 0 unspecified atom stereocenters. The fourth-order valence-corrected chi connectivity index (χ4v) is 4.04. The summed E-state index contributed by atoms with van der Waals surface area (Å²) in [4.78, 5) is 18.6. The maximum atomic E-state index is 12.9. The SMILES string of the molecule is O=C(Nc1ccccc1Cn1cccn1)C1CCN(c2ncc(C(F)(F)F)cc2Cl)CC1. The number of benzene rings is 1. The number of anilines is 2. The van der Waals surface area contributed by atoms with Crippen molar-refractivity contribution < 1.29 is 18.0 Å². The van der Waals surface area contributed by atoms with E-state index in [9.17, 15) is 18.0 Å². The fourth-order valence-electron chi connectivity index (χ4n) is 3.76. The number of pyridine rings is 1. The minimum absolute atomic E-state index is 0.0460. The van der Waals surface area contributed by atoms with E-state index in [0.29, 0.717) is 38.3 Å². The number of para-hydroxylation sites is 1. The van der Waals surface area contributed by atoms with Crippen LogP contribution in [0, 0.1) is 5.92 Å². The van der Waals surface area contributed by atoms with Gasteiger partial charge in [0.05, 0.1) is 17.1 Å². The van der Waals surface area contributed by atoms with E-state index in [0.717, 1.165) is 23.5 Å². The van der Waals surface area contributed by atoms with Gasteiger partial charge in [0.15, 0.2) is 0 Å². The molecule has 0 bridgehead atoms. The molecule has 1 aliphatic rings. The molecule has 1 aliphatic heterocycles. The zero-order chi connectivity index (χ0) is 22.7. The Hall–Kier alpha value is -3.07. The van der Waals surface area contributed by atoms with Crippen LogP contribution in [0.3, 0.4) is 0 Å². The van der Waals surface area contributed by atoms with Gasteiger partial charge >= 0.3 is 6.18 Å². The lowest BCUT2D eigenvalue weighted by Crippen LogP contribution is -2.38. The number of hydrogen-bond donors (Lipinski definition) is 1. The largest absolute Gasteiger partial charge is 0.417 e. The summed E-state index contributed by atoms with van der Waals surface area (Å²) in [6, 6.07) is 10.3. The molecule has 1 aromatic carbocycles. The highest BCUT2D eigenvalue weighted by molar-refractivity contribution is 6.33. The molecular weight excluding hydrogens is 443 g/mol. The van der Waals surface area contributed by atoms with E-state index in [1.54, 1.807) is 10.9 Å². The van der Waals surface area contributed by atoms with Crippen LogP contribution < -0.4 is 10.2 Å². The quantitative estimate of drug-likeness (QED) is 0.587. The van der Waals surface area contributed by atoms with Crippen LogP contribution in [0.1, 0.15) is 24.0 Å². The number of carbonyl (C=O) groups excluding carboxylic acids is 1. The van der Waals surface area contributed by atoms with Crippen LogP contribution in [0.4, 0.5) is 24.7 Å². The summed E-state index contributed by atoms with van der Waals surface area (Å²) in [7, 11) is 0. The molecular formula is C22H21ClF3N5O. The van der Waals surface area contributed by atoms with E-state index in [4.69, 9.17) is 11.6 Å². The van der Waals surface area contributed by atoms with Crippen LogP contribution in [0.25, 0.3) is 0 Å². The van der Waals surface area contributed by atoms with Crippen molar-refractivity contribution in [1.29, 1.82) is 0 Å². The summed E-state index contributed by atoms with van der Waals surface area (Å²) in [5.41, 5.74) is 0.805. The molecule has 3 aromatic rings. The molecule has 2 aromatic heterocycles. The Morgan fingerprint density at radius 2 is 1.94 bits per heavy atom. The van der Waals surface area contributed by atoms with E-state index in [1.807, 2.05) is 41.4 Å². The first-order chi connectivity index (χ1) is 15.3. The minimum Gasteiger partial charge on any atom is -0.355 e. The maximum Gasteiger partial charge on any atom is 0.417 e. The molecule has 1 fully saturated rings. The van der Waals surface area contributed by atoms with Crippen molar-refractivity contribution in [3.63, 3.8) is 0 Å². The molecule has 4 rings (SSSR count). The molecule has 1 saturated heterocycles. The Morgan fingerprint density at radius 3 is 2.59 bits per heavy atom. The second-order valence-corrected chi connectivity index (χ2v) is 8.05. The minimum atomic E-state index is -4.49. The summed E-state index contributed by atoms with van der Waals surface area (Å²) >= 11 is 6.06. The Balaban J connectivity index is 1.38. The van der Waals surface area contributed by atoms with Crippen molar-refractivity contribution in [2.75, 3.05) is 23.3 Å². The molecule has 0 atom stereocenters. The summed E-state index contributed by atoms with van der Waals surface area (Å²) in [5, 5.41) is 7.18. The lowest BCUT2D eigenvalue weighted by molar-refractivity contribution is -0.137. The van der Waals surface area contributed by atoms with Crippen LogP contribution in [-0.4, -0.2) is 33.8 Å². The van der Waals surface area contributed by atoms with E-state index >= 15 is 0 Å². The first-order valence-corrected chi connectivity index (χ1v) is 10.5. The van der Waals surface area contributed by atoms with Crippen molar-refractivity contribution >= 4 is 29.0 Å². The lowest BCUT2D eigenvalue weighted by atomic mass is 9.95. The monoisotopic (exact) mass is 463 g/mol. The molecule has 3 heterocycles. The van der Waals surface area contributed by atoms with E-state index in [1.165, 1.54) is 0 Å². The molecule has 6 nitrogen and oxygen atoms in total. The Kier molecular flexibility index (Phi) is 6.36. The number of amides is 1. The number of piperidine rings is 1. The first-order valence-electron chi connectivity index (χ1n) is 10.1. The smallest absolute Gasteiger partial charge is 0.355 e. The maximum absolute atomic E-state index is 12.9. The highest BCUT2D eigenvalue weighted by Crippen LogP contribution is 2.34. The zero-order valence-corrected chi connectivity index (χ0v) is 17.8. The number of hydrogen-bond acceptors (Lipinski definition) is 4. The molecule has 0 spiro atoms. The second kappa shape index (κ2) is 9.20. The number of nitrogens with zero attached hydrogens (tertiary/aromatic N) is 4. The van der Waals surface area contributed by atoms with Gasteiger partial charge in [0.2, 0.25) is 5.91 Å².